The number of hydrogen-bond acceptors (Lipinski definition) is 5. The molecule has 2 unspecified atom stereocenters. The third kappa shape index (κ3) is 3.00. The highest BCUT2D eigenvalue weighted by Crippen LogP contribution is 2.13. The molecule has 0 bridgehead atoms. The molecule has 4 N–H and O–H groups in total. The predicted octanol–water partition coefficient (Wildman–Crippen LogP) is -0.571. The first-order chi connectivity index (χ1) is 5.00. The van der Waals surface area contributed by atoms with Crippen molar-refractivity contribution in [3.63, 3.8) is 0 Å². The van der Waals surface area contributed by atoms with Crippen molar-refractivity contribution >= 4 is 36.5 Å². The number of hydrogen-bond donors (Lipinski definition) is 4. The molecular formula is C4H7NO4S2. The maximum Gasteiger partial charge on any atom is 0.319 e. The Bertz CT molecular complexity index is 173. The van der Waals surface area contributed by atoms with E-state index >= 15 is 0 Å². The zero-order valence-electron chi connectivity index (χ0n) is 5.30. The summed E-state index contributed by atoms with van der Waals surface area (Å²) in [6.07, 6.45) is 0. The van der Waals surface area contributed by atoms with Crippen LogP contribution in [0.15, 0.2) is 0 Å². The van der Waals surface area contributed by atoms with Crippen LogP contribution in [0.3, 0.4) is 0 Å². The monoisotopic (exact) mass is 197 g/mol. The van der Waals surface area contributed by atoms with Gasteiger partial charge in [0, 0.05) is 0 Å². The molecule has 0 fully saturated rings. The first-order valence-electron chi connectivity index (χ1n) is 2.50. The van der Waals surface area contributed by atoms with Crippen molar-refractivity contribution in [3.05, 3.63) is 0 Å². The van der Waals surface area contributed by atoms with Crippen LogP contribution in [0.4, 0.5) is 0 Å². The maximum absolute atomic E-state index is 10.3. The van der Waals surface area contributed by atoms with E-state index < -0.39 is 22.4 Å². The second-order valence-electron chi connectivity index (χ2n) is 1.68. The van der Waals surface area contributed by atoms with Crippen LogP contribution in [0.25, 0.3) is 0 Å². The molecule has 11 heavy (non-hydrogen) atoms. The van der Waals surface area contributed by atoms with Crippen LogP contribution in [0.2, 0.25) is 0 Å². The molecule has 0 aromatic heterocycles. The number of rotatable bonds is 4. The van der Waals surface area contributed by atoms with Gasteiger partial charge in [-0.1, -0.05) is 11.9 Å². The van der Waals surface area contributed by atoms with Crippen LogP contribution in [0, 0.1) is 0 Å². The van der Waals surface area contributed by atoms with Crippen molar-refractivity contribution in [2.75, 3.05) is 0 Å². The van der Waals surface area contributed by atoms with Crippen LogP contribution in [-0.2, 0) is 9.59 Å². The largest absolute Gasteiger partial charge is 0.480 e. The Morgan fingerprint density at radius 2 is 1.82 bits per heavy atom. The molecule has 2 atom stereocenters. The number of aliphatic carboxylic acids is 2. The number of carboxylic acids is 2. The fourth-order valence-corrected chi connectivity index (χ4v) is 1.12. The number of carbonyl (C=O) groups is 2. The SMILES string of the molecule is NSC(C(=O)O)C(S)C(=O)O. The standard InChI is InChI=1S/C4H7NO4S2/c5-11-2(4(8)9)1(10)3(6)7/h1-2,10H,5H2,(H,6,7)(H,8,9). The number of carboxylic acid groups (broad SMARTS) is 2. The van der Waals surface area contributed by atoms with Gasteiger partial charge in [0.1, 0.15) is 10.5 Å². The third-order valence-corrected chi connectivity index (χ3v) is 2.42. The molecule has 7 heteroatoms. The van der Waals surface area contributed by atoms with E-state index in [-0.39, 0.29) is 0 Å². The smallest absolute Gasteiger partial charge is 0.319 e. The van der Waals surface area contributed by atoms with Gasteiger partial charge in [-0.05, 0) is 0 Å². The number of thiol groups is 1. The summed E-state index contributed by atoms with van der Waals surface area (Å²) in [5.41, 5.74) is 0. The van der Waals surface area contributed by atoms with Gasteiger partial charge >= 0.3 is 11.9 Å². The Kier molecular flexibility index (Phi) is 4.31. The van der Waals surface area contributed by atoms with Crippen molar-refractivity contribution in [1.82, 2.24) is 0 Å². The summed E-state index contributed by atoms with van der Waals surface area (Å²) in [4.78, 5) is 20.5. The summed E-state index contributed by atoms with van der Waals surface area (Å²) >= 11 is 4.02. The maximum atomic E-state index is 10.3. The lowest BCUT2D eigenvalue weighted by atomic mass is 10.3. The van der Waals surface area contributed by atoms with Gasteiger partial charge in [-0.25, -0.2) is 0 Å². The minimum Gasteiger partial charge on any atom is -0.480 e. The van der Waals surface area contributed by atoms with E-state index in [1.54, 1.807) is 0 Å². The average Bonchev–Trinajstić information content (AvgIpc) is 1.88. The highest BCUT2D eigenvalue weighted by Gasteiger charge is 2.30. The first kappa shape index (κ1) is 10.6. The van der Waals surface area contributed by atoms with Crippen molar-refractivity contribution in [2.24, 2.45) is 5.14 Å². The first-order valence-corrected chi connectivity index (χ1v) is 3.95. The minimum absolute atomic E-state index is 0.458. The normalized spacial score (nSPS) is 15.5. The van der Waals surface area contributed by atoms with E-state index in [0.29, 0.717) is 11.9 Å². The van der Waals surface area contributed by atoms with E-state index in [9.17, 15) is 9.59 Å². The summed E-state index contributed by atoms with van der Waals surface area (Å²) < 4.78 is 0. The fourth-order valence-electron chi connectivity index (χ4n) is 0.397. The van der Waals surface area contributed by atoms with E-state index in [1.165, 1.54) is 0 Å². The Labute approximate surface area is 72.5 Å². The van der Waals surface area contributed by atoms with E-state index in [4.69, 9.17) is 15.4 Å². The Balaban J connectivity index is 4.25. The van der Waals surface area contributed by atoms with Crippen LogP contribution in [0.1, 0.15) is 0 Å². The van der Waals surface area contributed by atoms with Crippen molar-refractivity contribution in [1.29, 1.82) is 0 Å². The molecule has 0 spiro atoms. The highest BCUT2D eigenvalue weighted by atomic mass is 32.2. The quantitative estimate of drug-likeness (QED) is 0.356. The minimum atomic E-state index is -1.29. The molecule has 0 aliphatic carbocycles. The van der Waals surface area contributed by atoms with E-state index in [2.05, 4.69) is 12.6 Å². The topological polar surface area (TPSA) is 101 Å². The van der Waals surface area contributed by atoms with Crippen LogP contribution >= 0.6 is 24.6 Å². The fraction of sp³-hybridized carbons (Fsp3) is 0.500. The van der Waals surface area contributed by atoms with Crippen molar-refractivity contribution in [3.8, 4) is 0 Å². The second kappa shape index (κ2) is 4.47. The molecule has 0 radical (unpaired) electrons. The zero-order chi connectivity index (χ0) is 9.02. The second-order valence-corrected chi connectivity index (χ2v) is 3.01. The number of nitrogens with two attached hydrogens (primary N) is 1. The predicted molar refractivity (Wildman–Crippen MR) is 43.6 cm³/mol. The lowest BCUT2D eigenvalue weighted by Gasteiger charge is -2.11. The van der Waals surface area contributed by atoms with Crippen LogP contribution in [-0.4, -0.2) is 32.7 Å². The van der Waals surface area contributed by atoms with E-state index in [1.807, 2.05) is 0 Å². The summed E-state index contributed by atoms with van der Waals surface area (Å²) in [6.45, 7) is 0. The summed E-state index contributed by atoms with van der Waals surface area (Å²) in [6, 6.07) is 0. The zero-order valence-corrected chi connectivity index (χ0v) is 7.01. The molecule has 0 saturated carbocycles. The summed E-state index contributed by atoms with van der Waals surface area (Å²) in [7, 11) is 0. The van der Waals surface area contributed by atoms with Crippen LogP contribution in [0.5, 0.6) is 0 Å². The average molecular weight is 197 g/mol. The van der Waals surface area contributed by atoms with Crippen LogP contribution < -0.4 is 5.14 Å². The Hall–Kier alpha value is -0.400. The molecule has 0 amide bonds. The summed E-state index contributed by atoms with van der Waals surface area (Å²) in [5.74, 6) is -2.57. The van der Waals surface area contributed by atoms with Gasteiger partial charge in [0.25, 0.3) is 0 Å². The summed E-state index contributed by atoms with van der Waals surface area (Å²) in [5, 5.41) is 19.2. The van der Waals surface area contributed by atoms with Gasteiger partial charge in [0.05, 0.1) is 0 Å². The molecule has 0 saturated heterocycles. The molecule has 0 aromatic rings. The molecule has 0 aromatic carbocycles. The molecule has 0 heterocycles. The van der Waals surface area contributed by atoms with Gasteiger partial charge in [-0.2, -0.15) is 12.6 Å². The van der Waals surface area contributed by atoms with E-state index in [0.717, 1.165) is 0 Å². The molecule has 5 nitrogen and oxygen atoms in total. The third-order valence-electron chi connectivity index (χ3n) is 0.930. The van der Waals surface area contributed by atoms with Gasteiger partial charge < -0.3 is 10.2 Å². The molecule has 64 valence electrons. The van der Waals surface area contributed by atoms with Gasteiger partial charge in [0.15, 0.2) is 0 Å². The molecule has 0 rings (SSSR count). The molecule has 0 aliphatic heterocycles. The van der Waals surface area contributed by atoms with Gasteiger partial charge in [-0.3, -0.25) is 14.7 Å². The van der Waals surface area contributed by atoms with Crippen molar-refractivity contribution < 1.29 is 19.8 Å². The Morgan fingerprint density at radius 1 is 1.36 bits per heavy atom. The lowest BCUT2D eigenvalue weighted by molar-refractivity contribution is -0.142. The molecule has 0 aliphatic rings. The van der Waals surface area contributed by atoms with Crippen molar-refractivity contribution in [2.45, 2.75) is 10.5 Å². The lowest BCUT2D eigenvalue weighted by Crippen LogP contribution is -2.34. The van der Waals surface area contributed by atoms with Gasteiger partial charge in [0.2, 0.25) is 0 Å². The Morgan fingerprint density at radius 3 is 1.91 bits per heavy atom. The van der Waals surface area contributed by atoms with Gasteiger partial charge in [-0.15, -0.1) is 0 Å². The molecular weight excluding hydrogens is 190 g/mol. The highest BCUT2D eigenvalue weighted by molar-refractivity contribution is 7.99.